The highest BCUT2D eigenvalue weighted by molar-refractivity contribution is 5.64. The van der Waals surface area contributed by atoms with E-state index in [0.717, 1.165) is 11.1 Å². The average Bonchev–Trinajstić information content (AvgIpc) is 2.45. The van der Waals surface area contributed by atoms with Crippen LogP contribution in [0.4, 0.5) is 0 Å². The molecule has 1 aliphatic carbocycles. The quantitative estimate of drug-likeness (QED) is 0.784. The molecule has 0 radical (unpaired) electrons. The van der Waals surface area contributed by atoms with Crippen molar-refractivity contribution >= 4 is 6.08 Å². The first-order valence-electron chi connectivity index (χ1n) is 6.61. The van der Waals surface area contributed by atoms with Crippen molar-refractivity contribution < 1.29 is 15.3 Å². The van der Waals surface area contributed by atoms with Gasteiger partial charge in [0.15, 0.2) is 0 Å². The van der Waals surface area contributed by atoms with Crippen LogP contribution in [0.25, 0.3) is 6.08 Å². The minimum absolute atomic E-state index is 0.0335. The van der Waals surface area contributed by atoms with Crippen molar-refractivity contribution in [2.24, 2.45) is 5.92 Å². The third-order valence-electron chi connectivity index (χ3n) is 3.76. The summed E-state index contributed by atoms with van der Waals surface area (Å²) in [6.45, 7) is 0. The molecule has 102 valence electrons. The highest BCUT2D eigenvalue weighted by Gasteiger charge is 2.25. The lowest BCUT2D eigenvalue weighted by Crippen LogP contribution is -2.17. The molecule has 0 saturated heterocycles. The molecule has 3 N–H and O–H groups in total. The molecular weight excluding hydrogens is 252 g/mol. The summed E-state index contributed by atoms with van der Waals surface area (Å²) in [5.41, 5.74) is 2.51. The van der Waals surface area contributed by atoms with Gasteiger partial charge in [-0.15, -0.1) is 0 Å². The molecule has 3 rings (SSSR count). The Morgan fingerprint density at radius 1 is 0.950 bits per heavy atom. The summed E-state index contributed by atoms with van der Waals surface area (Å²) in [4.78, 5) is 0. The predicted octanol–water partition coefficient (Wildman–Crippen LogP) is 3.02. The second-order valence-electron chi connectivity index (χ2n) is 5.12. The van der Waals surface area contributed by atoms with Gasteiger partial charge in [0.1, 0.15) is 11.5 Å². The zero-order valence-corrected chi connectivity index (χ0v) is 10.9. The number of phenols is 2. The molecule has 2 aromatic carbocycles. The maximum absolute atomic E-state index is 10.4. The van der Waals surface area contributed by atoms with Crippen LogP contribution in [0.5, 0.6) is 11.5 Å². The van der Waals surface area contributed by atoms with E-state index in [0.29, 0.717) is 12.0 Å². The van der Waals surface area contributed by atoms with E-state index in [1.54, 1.807) is 24.3 Å². The first kappa shape index (κ1) is 12.8. The van der Waals surface area contributed by atoms with Crippen LogP contribution in [0.3, 0.4) is 0 Å². The minimum Gasteiger partial charge on any atom is -0.508 e. The number of aromatic hydroxyl groups is 2. The second-order valence-corrected chi connectivity index (χ2v) is 5.12. The van der Waals surface area contributed by atoms with Crippen LogP contribution in [-0.2, 0) is 6.42 Å². The number of phenolic OH excluding ortho intramolecular Hbond substituents is 2. The van der Waals surface area contributed by atoms with Crippen LogP contribution < -0.4 is 0 Å². The maximum Gasteiger partial charge on any atom is 0.123 e. The number of benzene rings is 2. The summed E-state index contributed by atoms with van der Waals surface area (Å²) in [6, 6.07) is 12.2. The van der Waals surface area contributed by atoms with Crippen molar-refractivity contribution in [1.82, 2.24) is 0 Å². The average molecular weight is 268 g/mol. The fraction of sp³-hybridized carbons (Fsp3) is 0.176. The van der Waals surface area contributed by atoms with E-state index in [1.165, 1.54) is 0 Å². The van der Waals surface area contributed by atoms with E-state index in [9.17, 15) is 15.3 Å². The highest BCUT2D eigenvalue weighted by Crippen LogP contribution is 2.37. The lowest BCUT2D eigenvalue weighted by molar-refractivity contribution is 0.129. The van der Waals surface area contributed by atoms with Gasteiger partial charge in [-0.1, -0.05) is 36.4 Å². The lowest BCUT2D eigenvalue weighted by Gasteiger charge is -2.26. The van der Waals surface area contributed by atoms with Gasteiger partial charge in [-0.3, -0.25) is 0 Å². The van der Waals surface area contributed by atoms with E-state index in [4.69, 9.17) is 0 Å². The number of hydrogen-bond acceptors (Lipinski definition) is 3. The van der Waals surface area contributed by atoms with Crippen molar-refractivity contribution in [2.45, 2.75) is 12.5 Å². The largest absolute Gasteiger partial charge is 0.508 e. The molecule has 0 aliphatic heterocycles. The molecular formula is C17H16O3. The molecule has 0 spiro atoms. The van der Waals surface area contributed by atoms with Gasteiger partial charge in [0.25, 0.3) is 0 Å². The Balaban J connectivity index is 1.86. The van der Waals surface area contributed by atoms with Crippen LogP contribution in [0.1, 0.15) is 22.8 Å². The van der Waals surface area contributed by atoms with Gasteiger partial charge in [-0.2, -0.15) is 0 Å². The van der Waals surface area contributed by atoms with Crippen LogP contribution in [0.15, 0.2) is 48.5 Å². The van der Waals surface area contributed by atoms with Crippen LogP contribution >= 0.6 is 0 Å². The Bertz CT molecular complexity index is 644. The Hall–Kier alpha value is -2.26. The summed E-state index contributed by atoms with van der Waals surface area (Å²) in [6.07, 6.45) is 3.85. The van der Waals surface area contributed by atoms with Gasteiger partial charge < -0.3 is 15.3 Å². The van der Waals surface area contributed by atoms with Gasteiger partial charge in [-0.25, -0.2) is 0 Å². The van der Waals surface area contributed by atoms with E-state index < -0.39 is 6.10 Å². The van der Waals surface area contributed by atoms with E-state index in [2.05, 4.69) is 0 Å². The standard InChI is InChI=1S/C17H16O3/c18-13-7-4-11(5-8-13)10-12-6-9-14-15(17(12)20)2-1-3-16(14)19/h1-9,12,17-20H,10H2. The van der Waals surface area contributed by atoms with Crippen molar-refractivity contribution in [1.29, 1.82) is 0 Å². The summed E-state index contributed by atoms with van der Waals surface area (Å²) in [5, 5.41) is 29.5. The monoisotopic (exact) mass is 268 g/mol. The molecule has 3 heteroatoms. The van der Waals surface area contributed by atoms with Gasteiger partial charge in [0.2, 0.25) is 0 Å². The Morgan fingerprint density at radius 2 is 1.70 bits per heavy atom. The molecule has 0 amide bonds. The molecule has 2 atom stereocenters. The summed E-state index contributed by atoms with van der Waals surface area (Å²) in [7, 11) is 0. The Morgan fingerprint density at radius 3 is 2.45 bits per heavy atom. The number of rotatable bonds is 2. The molecule has 3 nitrogen and oxygen atoms in total. The summed E-state index contributed by atoms with van der Waals surface area (Å²) < 4.78 is 0. The first-order valence-corrected chi connectivity index (χ1v) is 6.61. The number of hydrogen-bond donors (Lipinski definition) is 3. The molecule has 0 aromatic heterocycles. The molecule has 1 aliphatic rings. The Labute approximate surface area is 117 Å². The topological polar surface area (TPSA) is 60.7 Å². The van der Waals surface area contributed by atoms with Gasteiger partial charge in [0.05, 0.1) is 6.10 Å². The third kappa shape index (κ3) is 2.28. The fourth-order valence-electron chi connectivity index (χ4n) is 2.65. The lowest BCUT2D eigenvalue weighted by atomic mass is 9.83. The van der Waals surface area contributed by atoms with E-state index in [1.807, 2.05) is 30.4 Å². The smallest absolute Gasteiger partial charge is 0.123 e. The number of aliphatic hydroxyl groups excluding tert-OH is 1. The summed E-state index contributed by atoms with van der Waals surface area (Å²) in [5.74, 6) is 0.401. The molecule has 0 bridgehead atoms. The number of aliphatic hydroxyl groups is 1. The van der Waals surface area contributed by atoms with Crippen LogP contribution in [-0.4, -0.2) is 15.3 Å². The van der Waals surface area contributed by atoms with Crippen LogP contribution in [0.2, 0.25) is 0 Å². The zero-order chi connectivity index (χ0) is 14.1. The molecule has 2 aromatic rings. The van der Waals surface area contributed by atoms with E-state index in [-0.39, 0.29) is 17.4 Å². The van der Waals surface area contributed by atoms with Gasteiger partial charge in [-0.05, 0) is 35.7 Å². The highest BCUT2D eigenvalue weighted by atomic mass is 16.3. The number of fused-ring (bicyclic) bond motifs is 1. The van der Waals surface area contributed by atoms with Gasteiger partial charge in [0, 0.05) is 11.5 Å². The minimum atomic E-state index is -0.629. The van der Waals surface area contributed by atoms with E-state index >= 15 is 0 Å². The van der Waals surface area contributed by atoms with Crippen LogP contribution in [0, 0.1) is 5.92 Å². The fourth-order valence-corrected chi connectivity index (χ4v) is 2.65. The van der Waals surface area contributed by atoms with Crippen molar-refractivity contribution in [3.8, 4) is 11.5 Å². The normalized spacial score (nSPS) is 20.6. The SMILES string of the molecule is Oc1ccc(CC2C=Cc3c(O)cccc3C2O)cc1. The zero-order valence-electron chi connectivity index (χ0n) is 10.9. The summed E-state index contributed by atoms with van der Waals surface area (Å²) >= 11 is 0. The Kier molecular flexibility index (Phi) is 3.20. The van der Waals surface area contributed by atoms with Crippen molar-refractivity contribution in [3.05, 3.63) is 65.2 Å². The third-order valence-corrected chi connectivity index (χ3v) is 3.76. The van der Waals surface area contributed by atoms with Gasteiger partial charge >= 0.3 is 0 Å². The first-order chi connectivity index (χ1) is 9.65. The molecule has 0 saturated carbocycles. The predicted molar refractivity (Wildman–Crippen MR) is 77.4 cm³/mol. The molecule has 20 heavy (non-hydrogen) atoms. The molecule has 0 heterocycles. The maximum atomic E-state index is 10.4. The van der Waals surface area contributed by atoms with Crippen molar-refractivity contribution in [2.75, 3.05) is 0 Å². The molecule has 0 fully saturated rings. The molecule has 2 unspecified atom stereocenters. The second kappa shape index (κ2) is 5.02. The van der Waals surface area contributed by atoms with Crippen molar-refractivity contribution in [3.63, 3.8) is 0 Å².